The van der Waals surface area contributed by atoms with Crippen molar-refractivity contribution in [3.63, 3.8) is 0 Å². The molecule has 0 spiro atoms. The van der Waals surface area contributed by atoms with Gasteiger partial charge in [-0.2, -0.15) is 0 Å². The third-order valence-electron chi connectivity index (χ3n) is 4.85. The Morgan fingerprint density at radius 1 is 1.04 bits per heavy atom. The molecular formula is C22H23N3O2S. The summed E-state index contributed by atoms with van der Waals surface area (Å²) in [5.41, 5.74) is 2.85. The lowest BCUT2D eigenvalue weighted by Gasteiger charge is -2.36. The molecule has 0 bridgehead atoms. The number of aryl methyl sites for hydroxylation is 1. The lowest BCUT2D eigenvalue weighted by atomic mass is 10.1. The van der Waals surface area contributed by atoms with Gasteiger partial charge in [-0.25, -0.2) is 0 Å². The number of carbonyl (C=O) groups is 1. The van der Waals surface area contributed by atoms with Gasteiger partial charge in [-0.05, 0) is 31.2 Å². The van der Waals surface area contributed by atoms with E-state index in [4.69, 9.17) is 4.52 Å². The highest BCUT2D eigenvalue weighted by Crippen LogP contribution is 2.28. The standard InChI is InChI=1S/C22H23N3O2S/c1-17-15-19(27-23-17)16-28-21-10-6-5-9-20(21)22(26)25-13-11-24(12-14-25)18-7-3-2-4-8-18/h2-10,15H,11-14,16H2,1H3. The molecule has 1 aromatic heterocycles. The Morgan fingerprint density at radius 3 is 2.46 bits per heavy atom. The van der Waals surface area contributed by atoms with Gasteiger partial charge in [0.05, 0.1) is 17.0 Å². The second kappa shape index (κ2) is 8.52. The van der Waals surface area contributed by atoms with E-state index in [9.17, 15) is 4.79 Å². The average Bonchev–Trinajstić information content (AvgIpc) is 3.18. The van der Waals surface area contributed by atoms with E-state index in [1.807, 2.05) is 48.2 Å². The lowest BCUT2D eigenvalue weighted by Crippen LogP contribution is -2.48. The van der Waals surface area contributed by atoms with E-state index in [0.717, 1.165) is 48.1 Å². The van der Waals surface area contributed by atoms with Crippen LogP contribution in [0.3, 0.4) is 0 Å². The molecule has 0 saturated carbocycles. The van der Waals surface area contributed by atoms with Crippen LogP contribution in [0.4, 0.5) is 5.69 Å². The molecule has 5 nitrogen and oxygen atoms in total. The number of carbonyl (C=O) groups excluding carboxylic acids is 1. The van der Waals surface area contributed by atoms with Crippen molar-refractivity contribution >= 4 is 23.4 Å². The highest BCUT2D eigenvalue weighted by Gasteiger charge is 2.24. The van der Waals surface area contributed by atoms with Gasteiger partial charge in [-0.3, -0.25) is 4.79 Å². The summed E-state index contributed by atoms with van der Waals surface area (Å²) in [7, 11) is 0. The van der Waals surface area contributed by atoms with E-state index in [1.165, 1.54) is 5.69 Å². The normalized spacial score (nSPS) is 14.3. The Labute approximate surface area is 169 Å². The molecule has 0 aliphatic carbocycles. The number of piperazine rings is 1. The molecule has 2 aromatic carbocycles. The third kappa shape index (κ3) is 4.22. The molecular weight excluding hydrogens is 370 g/mol. The highest BCUT2D eigenvalue weighted by molar-refractivity contribution is 7.98. The minimum absolute atomic E-state index is 0.101. The van der Waals surface area contributed by atoms with Gasteiger partial charge in [0, 0.05) is 42.8 Å². The molecule has 0 radical (unpaired) electrons. The van der Waals surface area contributed by atoms with E-state index < -0.39 is 0 Å². The number of thioether (sulfide) groups is 1. The minimum atomic E-state index is 0.101. The van der Waals surface area contributed by atoms with Crippen LogP contribution in [-0.4, -0.2) is 42.1 Å². The van der Waals surface area contributed by atoms with Crippen LogP contribution in [0.25, 0.3) is 0 Å². The van der Waals surface area contributed by atoms with Gasteiger partial charge in [0.1, 0.15) is 5.76 Å². The fraction of sp³-hybridized carbons (Fsp3) is 0.273. The molecule has 6 heteroatoms. The Kier molecular flexibility index (Phi) is 5.67. The zero-order chi connectivity index (χ0) is 19.3. The first-order chi connectivity index (χ1) is 13.7. The molecule has 1 saturated heterocycles. The smallest absolute Gasteiger partial charge is 0.255 e. The minimum Gasteiger partial charge on any atom is -0.368 e. The van der Waals surface area contributed by atoms with Crippen molar-refractivity contribution in [1.82, 2.24) is 10.1 Å². The van der Waals surface area contributed by atoms with Crippen molar-refractivity contribution in [1.29, 1.82) is 0 Å². The molecule has 4 rings (SSSR count). The topological polar surface area (TPSA) is 49.6 Å². The van der Waals surface area contributed by atoms with Crippen molar-refractivity contribution in [2.75, 3.05) is 31.1 Å². The first-order valence-corrected chi connectivity index (χ1v) is 10.4. The van der Waals surface area contributed by atoms with Crippen molar-refractivity contribution in [3.8, 4) is 0 Å². The van der Waals surface area contributed by atoms with Crippen LogP contribution < -0.4 is 4.90 Å². The number of benzene rings is 2. The Hall–Kier alpha value is -2.73. The Balaban J connectivity index is 1.41. The molecule has 1 fully saturated rings. The quantitative estimate of drug-likeness (QED) is 0.607. The molecule has 2 heterocycles. The number of nitrogens with zero attached hydrogens (tertiary/aromatic N) is 3. The number of para-hydroxylation sites is 1. The average molecular weight is 394 g/mol. The summed E-state index contributed by atoms with van der Waals surface area (Å²) < 4.78 is 5.28. The van der Waals surface area contributed by atoms with E-state index in [1.54, 1.807) is 11.8 Å². The van der Waals surface area contributed by atoms with Crippen LogP contribution in [0.15, 0.2) is 70.1 Å². The summed E-state index contributed by atoms with van der Waals surface area (Å²) >= 11 is 1.61. The van der Waals surface area contributed by atoms with Crippen LogP contribution in [0, 0.1) is 6.92 Å². The molecule has 1 amide bonds. The largest absolute Gasteiger partial charge is 0.368 e. The van der Waals surface area contributed by atoms with Crippen LogP contribution in [0.5, 0.6) is 0 Å². The number of hydrogen-bond donors (Lipinski definition) is 0. The van der Waals surface area contributed by atoms with Crippen molar-refractivity contribution < 1.29 is 9.32 Å². The molecule has 1 aliphatic rings. The molecule has 28 heavy (non-hydrogen) atoms. The Morgan fingerprint density at radius 2 is 1.75 bits per heavy atom. The van der Waals surface area contributed by atoms with E-state index in [0.29, 0.717) is 5.75 Å². The Bertz CT molecular complexity index is 934. The van der Waals surface area contributed by atoms with Crippen molar-refractivity contribution in [2.45, 2.75) is 17.6 Å². The molecule has 0 atom stereocenters. The van der Waals surface area contributed by atoms with Crippen LogP contribution in [0.2, 0.25) is 0 Å². The van der Waals surface area contributed by atoms with Gasteiger partial charge in [0.2, 0.25) is 0 Å². The summed E-state index contributed by atoms with van der Waals surface area (Å²) in [6.07, 6.45) is 0. The maximum Gasteiger partial charge on any atom is 0.255 e. The SMILES string of the molecule is Cc1cc(CSc2ccccc2C(=O)N2CCN(c3ccccc3)CC2)on1. The number of anilines is 1. The first-order valence-electron chi connectivity index (χ1n) is 9.44. The fourth-order valence-corrected chi connectivity index (χ4v) is 4.30. The van der Waals surface area contributed by atoms with Gasteiger partial charge in [-0.15, -0.1) is 11.8 Å². The zero-order valence-corrected chi connectivity index (χ0v) is 16.7. The predicted molar refractivity (Wildman–Crippen MR) is 112 cm³/mol. The number of rotatable bonds is 5. The molecule has 0 N–H and O–H groups in total. The maximum atomic E-state index is 13.1. The summed E-state index contributed by atoms with van der Waals surface area (Å²) in [4.78, 5) is 18.4. The maximum absolute atomic E-state index is 13.1. The fourth-order valence-electron chi connectivity index (χ4n) is 3.38. The second-order valence-electron chi connectivity index (χ2n) is 6.83. The van der Waals surface area contributed by atoms with Gasteiger partial charge in [-0.1, -0.05) is 35.5 Å². The van der Waals surface area contributed by atoms with E-state index >= 15 is 0 Å². The molecule has 3 aromatic rings. The number of aromatic nitrogens is 1. The first kappa shape index (κ1) is 18.6. The van der Waals surface area contributed by atoms with Gasteiger partial charge < -0.3 is 14.3 Å². The molecule has 0 unspecified atom stereocenters. The van der Waals surface area contributed by atoms with Crippen LogP contribution in [0.1, 0.15) is 21.8 Å². The number of amides is 1. The van der Waals surface area contributed by atoms with Crippen molar-refractivity contribution in [3.05, 3.63) is 77.7 Å². The van der Waals surface area contributed by atoms with Crippen molar-refractivity contribution in [2.24, 2.45) is 0 Å². The number of hydrogen-bond acceptors (Lipinski definition) is 5. The van der Waals surface area contributed by atoms with Gasteiger partial charge in [0.25, 0.3) is 5.91 Å². The summed E-state index contributed by atoms with van der Waals surface area (Å²) in [5, 5.41) is 3.92. The van der Waals surface area contributed by atoms with Crippen LogP contribution >= 0.6 is 11.8 Å². The summed E-state index contributed by atoms with van der Waals surface area (Å²) in [6, 6.07) is 20.1. The third-order valence-corrected chi connectivity index (χ3v) is 5.95. The second-order valence-corrected chi connectivity index (χ2v) is 7.85. The summed E-state index contributed by atoms with van der Waals surface area (Å²) in [6.45, 7) is 5.07. The van der Waals surface area contributed by atoms with Crippen LogP contribution in [-0.2, 0) is 5.75 Å². The molecule has 1 aliphatic heterocycles. The predicted octanol–water partition coefficient (Wildman–Crippen LogP) is 4.24. The zero-order valence-electron chi connectivity index (χ0n) is 15.9. The highest BCUT2D eigenvalue weighted by atomic mass is 32.2. The lowest BCUT2D eigenvalue weighted by molar-refractivity contribution is 0.0743. The monoisotopic (exact) mass is 393 g/mol. The van der Waals surface area contributed by atoms with Gasteiger partial charge >= 0.3 is 0 Å². The summed E-state index contributed by atoms with van der Waals surface area (Å²) in [5.74, 6) is 1.58. The van der Waals surface area contributed by atoms with E-state index in [2.05, 4.69) is 34.3 Å². The van der Waals surface area contributed by atoms with E-state index in [-0.39, 0.29) is 5.91 Å². The molecule has 144 valence electrons. The van der Waals surface area contributed by atoms with Gasteiger partial charge in [0.15, 0.2) is 0 Å².